The highest BCUT2D eigenvalue weighted by Gasteiger charge is 2.19. The number of hydrogen-bond donors (Lipinski definition) is 1. The van der Waals surface area contributed by atoms with Gasteiger partial charge in [-0.05, 0) is 37.4 Å². The van der Waals surface area contributed by atoms with E-state index in [-0.39, 0.29) is 6.42 Å². The van der Waals surface area contributed by atoms with Crippen molar-refractivity contribution < 1.29 is 9.90 Å². The standard InChI is InChI=1S/C14H19NO2/c1-11-3-2-8-15(11)10-13-6-4-12(5-7-13)9-14(16)17/h4-7,11H,2-3,8-10H2,1H3,(H,16,17). The Balaban J connectivity index is 1.95. The van der Waals surface area contributed by atoms with Crippen LogP contribution in [0.2, 0.25) is 0 Å². The largest absolute Gasteiger partial charge is 0.481 e. The first-order valence-electron chi connectivity index (χ1n) is 6.19. The molecule has 1 aliphatic heterocycles. The number of aliphatic carboxylic acids is 1. The summed E-state index contributed by atoms with van der Waals surface area (Å²) >= 11 is 0. The summed E-state index contributed by atoms with van der Waals surface area (Å²) in [6, 6.07) is 8.61. The van der Waals surface area contributed by atoms with E-state index in [1.165, 1.54) is 24.9 Å². The highest BCUT2D eigenvalue weighted by Crippen LogP contribution is 2.19. The minimum absolute atomic E-state index is 0.112. The first-order chi connectivity index (χ1) is 8.15. The quantitative estimate of drug-likeness (QED) is 0.867. The number of likely N-dealkylation sites (tertiary alicyclic amines) is 1. The van der Waals surface area contributed by atoms with Crippen LogP contribution in [0, 0.1) is 0 Å². The molecule has 1 aromatic carbocycles. The van der Waals surface area contributed by atoms with Crippen molar-refractivity contribution in [3.63, 3.8) is 0 Å². The predicted octanol–water partition coefficient (Wildman–Crippen LogP) is 2.30. The van der Waals surface area contributed by atoms with Gasteiger partial charge < -0.3 is 5.11 Å². The van der Waals surface area contributed by atoms with Crippen LogP contribution in [0.1, 0.15) is 30.9 Å². The third-order valence-electron chi connectivity index (χ3n) is 3.45. The molecule has 0 aromatic heterocycles. The molecule has 0 spiro atoms. The Kier molecular flexibility index (Phi) is 3.79. The summed E-state index contributed by atoms with van der Waals surface area (Å²) in [7, 11) is 0. The van der Waals surface area contributed by atoms with Gasteiger partial charge in [0.15, 0.2) is 0 Å². The fourth-order valence-corrected chi connectivity index (χ4v) is 2.40. The fourth-order valence-electron chi connectivity index (χ4n) is 2.40. The molecule has 0 amide bonds. The molecule has 1 unspecified atom stereocenters. The van der Waals surface area contributed by atoms with Crippen molar-refractivity contribution >= 4 is 5.97 Å². The lowest BCUT2D eigenvalue weighted by atomic mass is 10.1. The molecule has 1 atom stereocenters. The molecule has 92 valence electrons. The summed E-state index contributed by atoms with van der Waals surface area (Å²) < 4.78 is 0. The van der Waals surface area contributed by atoms with Crippen LogP contribution in [0.25, 0.3) is 0 Å². The second kappa shape index (κ2) is 5.32. The van der Waals surface area contributed by atoms with Crippen LogP contribution in [0.15, 0.2) is 24.3 Å². The van der Waals surface area contributed by atoms with Crippen molar-refractivity contribution in [2.75, 3.05) is 6.54 Å². The number of hydrogen-bond acceptors (Lipinski definition) is 2. The number of nitrogens with zero attached hydrogens (tertiary/aromatic N) is 1. The van der Waals surface area contributed by atoms with Crippen molar-refractivity contribution in [3.8, 4) is 0 Å². The lowest BCUT2D eigenvalue weighted by molar-refractivity contribution is -0.136. The van der Waals surface area contributed by atoms with E-state index in [1.807, 2.05) is 24.3 Å². The Morgan fingerprint density at radius 3 is 2.53 bits per heavy atom. The molecule has 1 saturated heterocycles. The van der Waals surface area contributed by atoms with Gasteiger partial charge in [-0.2, -0.15) is 0 Å². The molecule has 0 radical (unpaired) electrons. The zero-order chi connectivity index (χ0) is 12.3. The Labute approximate surface area is 102 Å². The summed E-state index contributed by atoms with van der Waals surface area (Å²) in [6.07, 6.45) is 2.69. The average molecular weight is 233 g/mol. The second-order valence-electron chi connectivity index (χ2n) is 4.85. The zero-order valence-corrected chi connectivity index (χ0v) is 10.2. The average Bonchev–Trinajstić information content (AvgIpc) is 2.67. The van der Waals surface area contributed by atoms with Crippen LogP contribution in [0.4, 0.5) is 0 Å². The number of rotatable bonds is 4. The minimum atomic E-state index is -0.772. The van der Waals surface area contributed by atoms with Crippen LogP contribution in [0.5, 0.6) is 0 Å². The van der Waals surface area contributed by atoms with E-state index in [1.54, 1.807) is 0 Å². The summed E-state index contributed by atoms with van der Waals surface area (Å²) in [4.78, 5) is 13.0. The van der Waals surface area contributed by atoms with E-state index in [0.29, 0.717) is 6.04 Å². The van der Waals surface area contributed by atoms with E-state index in [2.05, 4.69) is 11.8 Å². The van der Waals surface area contributed by atoms with Crippen molar-refractivity contribution in [3.05, 3.63) is 35.4 Å². The molecule has 0 saturated carbocycles. The molecule has 1 aromatic rings. The molecule has 1 heterocycles. The SMILES string of the molecule is CC1CCCN1Cc1ccc(CC(=O)O)cc1. The maximum absolute atomic E-state index is 10.6. The highest BCUT2D eigenvalue weighted by atomic mass is 16.4. The van der Waals surface area contributed by atoms with Gasteiger partial charge in [-0.3, -0.25) is 9.69 Å². The molecule has 1 aliphatic rings. The van der Waals surface area contributed by atoms with Gasteiger partial charge in [-0.1, -0.05) is 24.3 Å². The van der Waals surface area contributed by atoms with E-state index < -0.39 is 5.97 Å². The van der Waals surface area contributed by atoms with Crippen molar-refractivity contribution in [2.45, 2.75) is 38.8 Å². The van der Waals surface area contributed by atoms with Gasteiger partial charge in [0.1, 0.15) is 0 Å². The first kappa shape index (κ1) is 12.1. The Hall–Kier alpha value is -1.35. The predicted molar refractivity (Wildman–Crippen MR) is 66.9 cm³/mol. The fraction of sp³-hybridized carbons (Fsp3) is 0.500. The number of carbonyl (C=O) groups is 1. The maximum atomic E-state index is 10.6. The summed E-state index contributed by atoms with van der Waals surface area (Å²) in [5.74, 6) is -0.772. The number of carboxylic acid groups (broad SMARTS) is 1. The third-order valence-corrected chi connectivity index (χ3v) is 3.45. The van der Waals surface area contributed by atoms with Gasteiger partial charge in [0, 0.05) is 12.6 Å². The molecular formula is C14H19NO2. The van der Waals surface area contributed by atoms with Gasteiger partial charge in [0.2, 0.25) is 0 Å². The van der Waals surface area contributed by atoms with Crippen LogP contribution in [0.3, 0.4) is 0 Å². The molecule has 3 heteroatoms. The first-order valence-corrected chi connectivity index (χ1v) is 6.19. The molecule has 2 rings (SSSR count). The molecule has 3 nitrogen and oxygen atoms in total. The molecule has 17 heavy (non-hydrogen) atoms. The van der Waals surface area contributed by atoms with Crippen LogP contribution >= 0.6 is 0 Å². The minimum Gasteiger partial charge on any atom is -0.481 e. The van der Waals surface area contributed by atoms with E-state index in [0.717, 1.165) is 12.1 Å². The van der Waals surface area contributed by atoms with Gasteiger partial charge in [0.05, 0.1) is 6.42 Å². The topological polar surface area (TPSA) is 40.5 Å². The second-order valence-corrected chi connectivity index (χ2v) is 4.85. The van der Waals surface area contributed by atoms with Crippen LogP contribution in [-0.4, -0.2) is 28.6 Å². The number of benzene rings is 1. The molecular weight excluding hydrogens is 214 g/mol. The van der Waals surface area contributed by atoms with Crippen molar-refractivity contribution in [2.24, 2.45) is 0 Å². The Morgan fingerprint density at radius 2 is 2.00 bits per heavy atom. The molecule has 0 bridgehead atoms. The van der Waals surface area contributed by atoms with E-state index >= 15 is 0 Å². The Morgan fingerprint density at radius 1 is 1.35 bits per heavy atom. The highest BCUT2D eigenvalue weighted by molar-refractivity contribution is 5.70. The van der Waals surface area contributed by atoms with Crippen LogP contribution in [-0.2, 0) is 17.8 Å². The van der Waals surface area contributed by atoms with Crippen molar-refractivity contribution in [1.82, 2.24) is 4.90 Å². The summed E-state index contributed by atoms with van der Waals surface area (Å²) in [6.45, 7) is 4.43. The van der Waals surface area contributed by atoms with Gasteiger partial charge in [-0.15, -0.1) is 0 Å². The summed E-state index contributed by atoms with van der Waals surface area (Å²) in [5, 5.41) is 8.69. The third kappa shape index (κ3) is 3.30. The number of carboxylic acids is 1. The smallest absolute Gasteiger partial charge is 0.307 e. The lowest BCUT2D eigenvalue weighted by Gasteiger charge is -2.20. The van der Waals surface area contributed by atoms with E-state index in [9.17, 15) is 4.79 Å². The molecule has 0 aliphatic carbocycles. The van der Waals surface area contributed by atoms with Gasteiger partial charge in [-0.25, -0.2) is 0 Å². The monoisotopic (exact) mass is 233 g/mol. The zero-order valence-electron chi connectivity index (χ0n) is 10.2. The normalized spacial score (nSPS) is 20.6. The van der Waals surface area contributed by atoms with Gasteiger partial charge in [0.25, 0.3) is 0 Å². The van der Waals surface area contributed by atoms with Crippen molar-refractivity contribution in [1.29, 1.82) is 0 Å². The summed E-state index contributed by atoms with van der Waals surface area (Å²) in [5.41, 5.74) is 2.14. The Bertz CT molecular complexity index is 386. The molecule has 1 fully saturated rings. The molecule has 1 N–H and O–H groups in total. The maximum Gasteiger partial charge on any atom is 0.307 e. The van der Waals surface area contributed by atoms with Crippen LogP contribution < -0.4 is 0 Å². The van der Waals surface area contributed by atoms with E-state index in [4.69, 9.17) is 5.11 Å². The van der Waals surface area contributed by atoms with Gasteiger partial charge >= 0.3 is 5.97 Å². The lowest BCUT2D eigenvalue weighted by Crippen LogP contribution is -2.26.